The van der Waals surface area contributed by atoms with Crippen molar-refractivity contribution in [2.45, 2.75) is 0 Å². The highest BCUT2D eigenvalue weighted by molar-refractivity contribution is 7.88. The van der Waals surface area contributed by atoms with Crippen molar-refractivity contribution in [2.24, 2.45) is 0 Å². The van der Waals surface area contributed by atoms with E-state index < -0.39 is 20.9 Å². The Hall–Kier alpha value is -2.00. The second kappa shape index (κ2) is 5.76. The minimum absolute atomic E-state index is 0.158. The van der Waals surface area contributed by atoms with Gasteiger partial charge >= 0.3 is 0 Å². The van der Waals surface area contributed by atoms with Crippen molar-refractivity contribution >= 4 is 27.3 Å². The molecule has 0 spiro atoms. The third-order valence-electron chi connectivity index (χ3n) is 2.27. The van der Waals surface area contributed by atoms with Gasteiger partial charge in [0, 0.05) is 24.9 Å². The zero-order valence-electron chi connectivity index (χ0n) is 10.4. The molecule has 0 aromatic heterocycles. The molecule has 0 aliphatic heterocycles. The van der Waals surface area contributed by atoms with Gasteiger partial charge in [0.15, 0.2) is 0 Å². The highest BCUT2D eigenvalue weighted by atomic mass is 32.2. The van der Waals surface area contributed by atoms with Crippen molar-refractivity contribution in [3.63, 3.8) is 0 Å². The van der Waals surface area contributed by atoms with Crippen molar-refractivity contribution in [3.05, 3.63) is 34.4 Å². The largest absolute Gasteiger partial charge is 0.325 e. The van der Waals surface area contributed by atoms with Gasteiger partial charge < -0.3 is 5.32 Å². The second-order valence-corrected chi connectivity index (χ2v) is 5.96. The third kappa shape index (κ3) is 4.64. The molecule has 1 amide bonds. The fourth-order valence-electron chi connectivity index (χ4n) is 1.22. The number of nitrogens with one attached hydrogen (secondary N) is 1. The van der Waals surface area contributed by atoms with Gasteiger partial charge in [0.05, 0.1) is 17.7 Å². The molecule has 0 aliphatic rings. The van der Waals surface area contributed by atoms with Crippen LogP contribution in [-0.2, 0) is 14.8 Å². The minimum Gasteiger partial charge on any atom is -0.325 e. The maximum Gasteiger partial charge on any atom is 0.271 e. The first kappa shape index (κ1) is 15.1. The van der Waals surface area contributed by atoms with Crippen LogP contribution in [0.2, 0.25) is 0 Å². The molecule has 0 unspecified atom stereocenters. The van der Waals surface area contributed by atoms with E-state index in [1.165, 1.54) is 31.3 Å². The summed E-state index contributed by atoms with van der Waals surface area (Å²) in [6, 6.07) is 5.38. The first-order valence-electron chi connectivity index (χ1n) is 5.16. The lowest BCUT2D eigenvalue weighted by atomic mass is 10.3. The molecule has 8 nitrogen and oxygen atoms in total. The van der Waals surface area contributed by atoms with E-state index in [0.717, 1.165) is 10.6 Å². The molecule has 104 valence electrons. The molecule has 9 heteroatoms. The zero-order chi connectivity index (χ0) is 14.6. The number of amides is 1. The Morgan fingerprint density at radius 1 is 1.47 bits per heavy atom. The highest BCUT2D eigenvalue weighted by Gasteiger charge is 2.15. The molecule has 19 heavy (non-hydrogen) atoms. The Morgan fingerprint density at radius 3 is 2.63 bits per heavy atom. The Bertz CT molecular complexity index is 599. The van der Waals surface area contributed by atoms with E-state index in [0.29, 0.717) is 0 Å². The Labute approximate surface area is 110 Å². The van der Waals surface area contributed by atoms with E-state index in [1.54, 1.807) is 0 Å². The molecular weight excluding hydrogens is 274 g/mol. The standard InChI is InChI=1S/C10H13N3O5S/c1-12(19(2,17)18)7-10(14)11-8-4-3-5-9(6-8)13(15)16/h3-6H,7H2,1-2H3,(H,11,14). The normalized spacial score (nSPS) is 11.3. The Morgan fingerprint density at radius 2 is 2.11 bits per heavy atom. The third-order valence-corrected chi connectivity index (χ3v) is 3.53. The molecular formula is C10H13N3O5S. The van der Waals surface area contributed by atoms with Gasteiger partial charge in [-0.2, -0.15) is 4.31 Å². The van der Waals surface area contributed by atoms with Crippen LogP contribution < -0.4 is 5.32 Å². The van der Waals surface area contributed by atoms with Crippen molar-refractivity contribution in [3.8, 4) is 0 Å². The van der Waals surface area contributed by atoms with Crippen LogP contribution in [0.3, 0.4) is 0 Å². The van der Waals surface area contributed by atoms with Gasteiger partial charge in [0.2, 0.25) is 15.9 Å². The van der Waals surface area contributed by atoms with E-state index in [-0.39, 0.29) is 17.9 Å². The van der Waals surface area contributed by atoms with E-state index >= 15 is 0 Å². The number of carbonyl (C=O) groups is 1. The molecule has 1 aromatic rings. The lowest BCUT2D eigenvalue weighted by Gasteiger charge is -2.13. The molecule has 0 heterocycles. The van der Waals surface area contributed by atoms with Crippen LogP contribution in [0.15, 0.2) is 24.3 Å². The summed E-state index contributed by atoms with van der Waals surface area (Å²) >= 11 is 0. The number of non-ortho nitro benzene ring substituents is 1. The first-order chi connectivity index (χ1) is 8.70. The number of carbonyl (C=O) groups excluding carboxylic acids is 1. The van der Waals surface area contributed by atoms with E-state index in [4.69, 9.17) is 0 Å². The number of hydrogen-bond acceptors (Lipinski definition) is 5. The maximum absolute atomic E-state index is 11.6. The van der Waals surface area contributed by atoms with Gasteiger partial charge in [0.1, 0.15) is 0 Å². The molecule has 0 aliphatic carbocycles. The van der Waals surface area contributed by atoms with Gasteiger partial charge in [-0.1, -0.05) is 6.07 Å². The number of anilines is 1. The number of rotatable bonds is 5. The molecule has 0 fully saturated rings. The van der Waals surface area contributed by atoms with Crippen LogP contribution in [0.25, 0.3) is 0 Å². The van der Waals surface area contributed by atoms with E-state index in [2.05, 4.69) is 5.32 Å². The van der Waals surface area contributed by atoms with Crippen molar-refractivity contribution in [1.29, 1.82) is 0 Å². The van der Waals surface area contributed by atoms with Crippen LogP contribution >= 0.6 is 0 Å². The number of benzene rings is 1. The SMILES string of the molecule is CN(CC(=O)Nc1cccc([N+](=O)[O-])c1)S(C)(=O)=O. The molecule has 1 aromatic carbocycles. The van der Waals surface area contributed by atoms with Gasteiger partial charge in [-0.3, -0.25) is 14.9 Å². The number of nitro groups is 1. The summed E-state index contributed by atoms with van der Waals surface area (Å²) in [7, 11) is -2.18. The van der Waals surface area contributed by atoms with Crippen molar-refractivity contribution in [2.75, 3.05) is 25.2 Å². The van der Waals surface area contributed by atoms with Crippen LogP contribution in [0.5, 0.6) is 0 Å². The van der Waals surface area contributed by atoms with Gasteiger partial charge in [-0.25, -0.2) is 8.42 Å². The van der Waals surface area contributed by atoms with Crippen LogP contribution in [0, 0.1) is 10.1 Å². The monoisotopic (exact) mass is 287 g/mol. The Kier molecular flexibility index (Phi) is 4.57. The molecule has 0 saturated heterocycles. The zero-order valence-corrected chi connectivity index (χ0v) is 11.2. The maximum atomic E-state index is 11.6. The number of sulfonamides is 1. The van der Waals surface area contributed by atoms with E-state index in [9.17, 15) is 23.3 Å². The average Bonchev–Trinajstić information content (AvgIpc) is 2.27. The summed E-state index contributed by atoms with van der Waals surface area (Å²) in [5.74, 6) is -0.576. The van der Waals surface area contributed by atoms with Crippen molar-refractivity contribution in [1.82, 2.24) is 4.31 Å². The fourth-order valence-corrected chi connectivity index (χ4v) is 1.57. The van der Waals surface area contributed by atoms with Gasteiger partial charge in [-0.05, 0) is 6.07 Å². The topological polar surface area (TPSA) is 110 Å². The summed E-state index contributed by atoms with van der Waals surface area (Å²) in [6.07, 6.45) is 0.980. The minimum atomic E-state index is -3.45. The molecule has 0 bridgehead atoms. The lowest BCUT2D eigenvalue weighted by Crippen LogP contribution is -2.34. The summed E-state index contributed by atoms with van der Waals surface area (Å²) in [6.45, 7) is -0.360. The van der Waals surface area contributed by atoms with E-state index in [1.807, 2.05) is 0 Å². The summed E-state index contributed by atoms with van der Waals surface area (Å²) in [5, 5.41) is 12.9. The number of nitro benzene ring substituents is 1. The number of nitrogens with zero attached hydrogens (tertiary/aromatic N) is 2. The first-order valence-corrected chi connectivity index (χ1v) is 7.00. The number of likely N-dealkylation sites (N-methyl/N-ethyl adjacent to an activating group) is 1. The van der Waals surface area contributed by atoms with Gasteiger partial charge in [0.25, 0.3) is 5.69 Å². The predicted octanol–water partition coefficient (Wildman–Crippen LogP) is 0.425. The summed E-state index contributed by atoms with van der Waals surface area (Å²) in [4.78, 5) is 21.5. The molecule has 1 rings (SSSR count). The van der Waals surface area contributed by atoms with Crippen LogP contribution in [0.4, 0.5) is 11.4 Å². The average molecular weight is 287 g/mol. The lowest BCUT2D eigenvalue weighted by molar-refractivity contribution is -0.384. The predicted molar refractivity (Wildman–Crippen MR) is 69.2 cm³/mol. The second-order valence-electron chi connectivity index (χ2n) is 3.87. The molecule has 1 N–H and O–H groups in total. The highest BCUT2D eigenvalue weighted by Crippen LogP contribution is 2.16. The smallest absolute Gasteiger partial charge is 0.271 e. The van der Waals surface area contributed by atoms with Crippen LogP contribution in [-0.4, -0.2) is 43.4 Å². The van der Waals surface area contributed by atoms with Crippen LogP contribution in [0.1, 0.15) is 0 Å². The molecule has 0 radical (unpaired) electrons. The number of hydrogen-bond donors (Lipinski definition) is 1. The Balaban J connectivity index is 2.73. The fraction of sp³-hybridized carbons (Fsp3) is 0.300. The summed E-state index contributed by atoms with van der Waals surface area (Å²) in [5.41, 5.74) is 0.0790. The molecule has 0 atom stereocenters. The van der Waals surface area contributed by atoms with Crippen molar-refractivity contribution < 1.29 is 18.1 Å². The van der Waals surface area contributed by atoms with Gasteiger partial charge in [-0.15, -0.1) is 0 Å². The summed E-state index contributed by atoms with van der Waals surface area (Å²) < 4.78 is 23.1. The quantitative estimate of drug-likeness (QED) is 0.623. The molecule has 0 saturated carbocycles.